The van der Waals surface area contributed by atoms with Crippen LogP contribution in [0.1, 0.15) is 69.0 Å². The van der Waals surface area contributed by atoms with Gasteiger partial charge in [-0.3, -0.25) is 0 Å². The van der Waals surface area contributed by atoms with Crippen LogP contribution in [0.4, 0.5) is 13.2 Å². The van der Waals surface area contributed by atoms with Crippen LogP contribution in [0.3, 0.4) is 0 Å². The topological polar surface area (TPSA) is 122 Å². The smallest absolute Gasteiger partial charge is 0.416 e. The van der Waals surface area contributed by atoms with E-state index in [1.165, 1.54) is 44.0 Å². The minimum absolute atomic E-state index is 0.361. The fraction of sp³-hybridized carbons (Fsp3) is 0.250. The number of aliphatic hydroxyl groups excluding tert-OH is 1. The van der Waals surface area contributed by atoms with Crippen LogP contribution in [0.15, 0.2) is 177 Å². The molecule has 320 valence electrons. The third kappa shape index (κ3) is 11.1. The standard InChI is InChI=1S/C22H16F3N3.C20H23N3O2.C6H11N3/c23-22(24,25)20-13-7-12-19(14-20)21(28-16-26-15-27-28,17-8-3-1-4-9-17)18-10-5-2-6-11-18;1-20(2,3)18(24)19(23-14-21-13-22-23)25-17-11-9-16(10-12-17)15-7-5-4-6-8-15;1-2-3-4-9-5-7-8-6-9/h1-16H;4-14,18-19,24H,1-3H3;5-6H,2-4H2,1H3. The van der Waals surface area contributed by atoms with Crippen LogP contribution >= 0.6 is 0 Å². The molecule has 5 aromatic carbocycles. The Labute approximate surface area is 359 Å². The van der Waals surface area contributed by atoms with Crippen molar-refractivity contribution in [3.63, 3.8) is 0 Å². The van der Waals surface area contributed by atoms with Gasteiger partial charge in [0.25, 0.3) is 0 Å². The number of ether oxygens (including phenoxy) is 1. The maximum atomic E-state index is 13.5. The molecule has 0 fully saturated rings. The fourth-order valence-electron chi connectivity index (χ4n) is 6.77. The van der Waals surface area contributed by atoms with Gasteiger partial charge in [0.15, 0.2) is 0 Å². The van der Waals surface area contributed by atoms with Crippen molar-refractivity contribution >= 4 is 0 Å². The van der Waals surface area contributed by atoms with Crippen molar-refractivity contribution in [2.45, 2.75) is 71.1 Å². The van der Waals surface area contributed by atoms with Crippen LogP contribution in [-0.4, -0.2) is 55.5 Å². The number of rotatable bonds is 12. The number of alkyl halides is 3. The maximum absolute atomic E-state index is 13.5. The van der Waals surface area contributed by atoms with Crippen molar-refractivity contribution in [1.29, 1.82) is 0 Å². The van der Waals surface area contributed by atoms with Gasteiger partial charge < -0.3 is 14.4 Å². The Balaban J connectivity index is 0.000000173. The highest BCUT2D eigenvalue weighted by Crippen LogP contribution is 2.42. The van der Waals surface area contributed by atoms with Crippen LogP contribution < -0.4 is 4.74 Å². The van der Waals surface area contributed by atoms with Crippen molar-refractivity contribution in [1.82, 2.24) is 44.3 Å². The Morgan fingerprint density at radius 3 is 1.66 bits per heavy atom. The molecular weight excluding hydrogens is 792 g/mol. The van der Waals surface area contributed by atoms with Crippen LogP contribution in [0, 0.1) is 5.41 Å². The van der Waals surface area contributed by atoms with Gasteiger partial charge in [-0.05, 0) is 63.9 Å². The van der Waals surface area contributed by atoms with Gasteiger partial charge in [0.05, 0.1) is 5.56 Å². The minimum Gasteiger partial charge on any atom is -0.466 e. The molecule has 0 saturated carbocycles. The van der Waals surface area contributed by atoms with Gasteiger partial charge >= 0.3 is 6.18 Å². The molecule has 2 unspecified atom stereocenters. The van der Waals surface area contributed by atoms with Crippen molar-refractivity contribution in [2.24, 2.45) is 5.41 Å². The van der Waals surface area contributed by atoms with E-state index in [0.29, 0.717) is 11.3 Å². The lowest BCUT2D eigenvalue weighted by atomic mass is 9.76. The number of unbranched alkanes of at least 4 members (excludes halogenated alkanes) is 1. The third-order valence-electron chi connectivity index (χ3n) is 10.1. The van der Waals surface area contributed by atoms with Gasteiger partial charge in [-0.1, -0.05) is 149 Å². The van der Waals surface area contributed by atoms with E-state index in [1.54, 1.807) is 34.4 Å². The summed E-state index contributed by atoms with van der Waals surface area (Å²) in [6.07, 6.45) is 5.98. The summed E-state index contributed by atoms with van der Waals surface area (Å²) in [5.41, 5.74) is 2.11. The summed E-state index contributed by atoms with van der Waals surface area (Å²) < 4.78 is 51.6. The van der Waals surface area contributed by atoms with Crippen molar-refractivity contribution in [3.05, 3.63) is 200 Å². The highest BCUT2D eigenvalue weighted by molar-refractivity contribution is 5.64. The van der Waals surface area contributed by atoms with Crippen molar-refractivity contribution < 1.29 is 23.0 Å². The second-order valence-corrected chi connectivity index (χ2v) is 15.5. The van der Waals surface area contributed by atoms with Gasteiger partial charge in [-0.25, -0.2) is 19.3 Å². The molecule has 0 bridgehead atoms. The molecule has 11 nitrogen and oxygen atoms in total. The van der Waals surface area contributed by atoms with Crippen LogP contribution in [0.2, 0.25) is 0 Å². The third-order valence-corrected chi connectivity index (χ3v) is 10.1. The molecule has 62 heavy (non-hydrogen) atoms. The molecule has 2 atom stereocenters. The fourth-order valence-corrected chi connectivity index (χ4v) is 6.77. The molecule has 0 saturated heterocycles. The molecule has 8 aromatic rings. The lowest BCUT2D eigenvalue weighted by Crippen LogP contribution is -2.38. The minimum atomic E-state index is -4.45. The van der Waals surface area contributed by atoms with Gasteiger partial charge in [0.2, 0.25) is 6.23 Å². The molecule has 1 N–H and O–H groups in total. The van der Waals surface area contributed by atoms with E-state index in [4.69, 9.17) is 4.74 Å². The first-order valence-corrected chi connectivity index (χ1v) is 20.2. The summed E-state index contributed by atoms with van der Waals surface area (Å²) in [6.45, 7) is 9.10. The van der Waals surface area contributed by atoms with Gasteiger partial charge in [0.1, 0.15) is 55.4 Å². The molecule has 8 rings (SSSR count). The molecule has 0 amide bonds. The number of aromatic nitrogens is 9. The summed E-state index contributed by atoms with van der Waals surface area (Å²) >= 11 is 0. The molecule has 14 heteroatoms. The predicted molar refractivity (Wildman–Crippen MR) is 232 cm³/mol. The second kappa shape index (κ2) is 20.6. The summed E-state index contributed by atoms with van der Waals surface area (Å²) in [5.74, 6) is 0.670. The molecule has 0 radical (unpaired) electrons. The molecular formula is C48H50F3N9O2. The second-order valence-electron chi connectivity index (χ2n) is 15.5. The Morgan fingerprint density at radius 1 is 0.613 bits per heavy atom. The van der Waals surface area contributed by atoms with Crippen LogP contribution in [0.25, 0.3) is 11.1 Å². The van der Waals surface area contributed by atoms with E-state index in [9.17, 15) is 18.3 Å². The largest absolute Gasteiger partial charge is 0.466 e. The summed E-state index contributed by atoms with van der Waals surface area (Å²) in [5, 5.41) is 26.5. The lowest BCUT2D eigenvalue weighted by molar-refractivity contribution is -0.137. The number of hydrogen-bond donors (Lipinski definition) is 1. The van der Waals surface area contributed by atoms with Crippen LogP contribution in [-0.2, 0) is 18.3 Å². The zero-order valence-corrected chi connectivity index (χ0v) is 35.0. The highest BCUT2D eigenvalue weighted by atomic mass is 19.4. The monoisotopic (exact) mass is 841 g/mol. The number of aryl methyl sites for hydroxylation is 1. The van der Waals surface area contributed by atoms with Crippen molar-refractivity contribution in [3.8, 4) is 16.9 Å². The first-order valence-electron chi connectivity index (χ1n) is 20.2. The van der Waals surface area contributed by atoms with E-state index >= 15 is 0 Å². The zero-order valence-electron chi connectivity index (χ0n) is 35.0. The number of aliphatic hydroxyl groups is 1. The number of benzene rings is 5. The normalized spacial score (nSPS) is 12.6. The Morgan fingerprint density at radius 2 is 1.15 bits per heavy atom. The van der Waals surface area contributed by atoms with Gasteiger partial charge in [-0.15, -0.1) is 10.2 Å². The van der Waals surface area contributed by atoms with E-state index in [1.807, 2.05) is 128 Å². The number of hydrogen-bond acceptors (Lipinski definition) is 8. The Kier molecular flexibility index (Phi) is 14.8. The maximum Gasteiger partial charge on any atom is 0.416 e. The first-order chi connectivity index (χ1) is 29.9. The average molecular weight is 842 g/mol. The Hall–Kier alpha value is -6.93. The van der Waals surface area contributed by atoms with Crippen LogP contribution in [0.5, 0.6) is 5.75 Å². The summed E-state index contributed by atoms with van der Waals surface area (Å²) in [6, 6.07) is 42.1. The zero-order chi connectivity index (χ0) is 44.0. The first kappa shape index (κ1) is 44.6. The van der Waals surface area contributed by atoms with E-state index < -0.39 is 29.6 Å². The molecule has 0 aliphatic heterocycles. The molecule has 0 aliphatic carbocycles. The SMILES string of the molecule is CC(C)(C)C(O)C(Oc1ccc(-c2ccccc2)cc1)n1cncn1.CCCCn1cnnc1.FC(F)(F)c1cccc(C(c2ccccc2)(c2ccccc2)n2cncn2)c1. The molecule has 3 aromatic heterocycles. The molecule has 0 aliphatic rings. The molecule has 0 spiro atoms. The lowest BCUT2D eigenvalue weighted by Gasteiger charge is -2.36. The number of halogens is 3. The average Bonchev–Trinajstić information content (AvgIpc) is 4.13. The van der Waals surface area contributed by atoms with E-state index in [-0.39, 0.29) is 5.41 Å². The predicted octanol–water partition coefficient (Wildman–Crippen LogP) is 10.1. The van der Waals surface area contributed by atoms with Gasteiger partial charge in [0, 0.05) is 6.54 Å². The highest BCUT2D eigenvalue weighted by Gasteiger charge is 2.41. The summed E-state index contributed by atoms with van der Waals surface area (Å²) in [4.78, 5) is 8.03. The van der Waals surface area contributed by atoms with Gasteiger partial charge in [-0.2, -0.15) is 23.4 Å². The molecule has 3 heterocycles. The van der Waals surface area contributed by atoms with E-state index in [2.05, 4.69) is 49.4 Å². The Bertz CT molecular complexity index is 2420. The summed E-state index contributed by atoms with van der Waals surface area (Å²) in [7, 11) is 0. The van der Waals surface area contributed by atoms with Crippen molar-refractivity contribution in [2.75, 3.05) is 0 Å². The number of nitrogens with zero attached hydrogens (tertiary/aromatic N) is 9. The quantitative estimate of drug-likeness (QED) is 0.121. The van der Waals surface area contributed by atoms with E-state index in [0.717, 1.165) is 34.9 Å².